The Hall–Kier alpha value is -0.180. The predicted molar refractivity (Wildman–Crippen MR) is 71.7 cm³/mol. The Bertz CT molecular complexity index is 470. The third-order valence-electron chi connectivity index (χ3n) is 3.07. The fourth-order valence-electron chi connectivity index (χ4n) is 1.91. The Morgan fingerprint density at radius 2 is 2.00 bits per heavy atom. The highest BCUT2D eigenvalue weighted by molar-refractivity contribution is 7.92. The van der Waals surface area contributed by atoms with E-state index in [4.69, 9.17) is 0 Å². The molecule has 1 atom stereocenters. The molecule has 1 heterocycles. The summed E-state index contributed by atoms with van der Waals surface area (Å²) >= 11 is 0. The number of hydrogen-bond donors (Lipinski definition) is 1. The van der Waals surface area contributed by atoms with E-state index in [2.05, 4.69) is 5.32 Å². The van der Waals surface area contributed by atoms with Crippen LogP contribution in [0, 0.1) is 0 Å². The van der Waals surface area contributed by atoms with Crippen LogP contribution in [0.15, 0.2) is 0 Å². The van der Waals surface area contributed by atoms with Crippen LogP contribution >= 0.6 is 0 Å². The molecule has 0 amide bonds. The second-order valence-electron chi connectivity index (χ2n) is 5.00. The first-order valence-electron chi connectivity index (χ1n) is 6.03. The summed E-state index contributed by atoms with van der Waals surface area (Å²) in [5.41, 5.74) is 0. The highest BCUT2D eigenvalue weighted by Crippen LogP contribution is 2.19. The van der Waals surface area contributed by atoms with E-state index < -0.39 is 25.9 Å². The minimum atomic E-state index is -3.38. The molecule has 1 rings (SSSR count). The quantitative estimate of drug-likeness (QED) is 0.710. The van der Waals surface area contributed by atoms with Gasteiger partial charge in [0.05, 0.1) is 17.3 Å². The van der Waals surface area contributed by atoms with Crippen LogP contribution in [0.3, 0.4) is 0 Å². The average Bonchev–Trinajstić information content (AvgIpc) is 2.56. The molecule has 0 bridgehead atoms. The molecule has 1 N–H and O–H groups in total. The van der Waals surface area contributed by atoms with Crippen LogP contribution < -0.4 is 5.32 Å². The van der Waals surface area contributed by atoms with Gasteiger partial charge in [-0.2, -0.15) is 0 Å². The summed E-state index contributed by atoms with van der Waals surface area (Å²) < 4.78 is 47.9. The molecule has 108 valence electrons. The van der Waals surface area contributed by atoms with Crippen molar-refractivity contribution in [3.63, 3.8) is 0 Å². The van der Waals surface area contributed by atoms with Crippen molar-refractivity contribution >= 4 is 19.9 Å². The number of rotatable bonds is 6. The lowest BCUT2D eigenvalue weighted by Crippen LogP contribution is -2.41. The molecule has 0 aliphatic carbocycles. The van der Waals surface area contributed by atoms with Crippen molar-refractivity contribution in [2.45, 2.75) is 32.4 Å². The highest BCUT2D eigenvalue weighted by Gasteiger charge is 2.35. The number of nitrogens with one attached hydrogen (secondary N) is 1. The minimum Gasteiger partial charge on any atom is -0.313 e. The van der Waals surface area contributed by atoms with Gasteiger partial charge in [0.1, 0.15) is 0 Å². The van der Waals surface area contributed by atoms with Crippen molar-refractivity contribution in [1.29, 1.82) is 0 Å². The summed E-state index contributed by atoms with van der Waals surface area (Å²) in [6.45, 7) is 4.27. The van der Waals surface area contributed by atoms with Crippen molar-refractivity contribution in [3.8, 4) is 0 Å². The van der Waals surface area contributed by atoms with Crippen molar-refractivity contribution < 1.29 is 16.8 Å². The van der Waals surface area contributed by atoms with E-state index in [1.807, 2.05) is 13.8 Å². The van der Waals surface area contributed by atoms with Gasteiger partial charge >= 0.3 is 0 Å². The van der Waals surface area contributed by atoms with Crippen molar-refractivity contribution in [3.05, 3.63) is 0 Å². The molecule has 0 aromatic carbocycles. The molecule has 1 unspecified atom stereocenters. The molecular weight excluding hydrogens is 276 g/mol. The van der Waals surface area contributed by atoms with Crippen LogP contribution in [-0.2, 0) is 19.9 Å². The molecule has 0 saturated carbocycles. The summed E-state index contributed by atoms with van der Waals surface area (Å²) in [4.78, 5) is 0. The van der Waals surface area contributed by atoms with E-state index in [-0.39, 0.29) is 23.3 Å². The van der Waals surface area contributed by atoms with E-state index in [9.17, 15) is 16.8 Å². The van der Waals surface area contributed by atoms with Crippen LogP contribution in [-0.4, -0.2) is 64.1 Å². The lowest BCUT2D eigenvalue weighted by Gasteiger charge is -2.23. The third-order valence-corrected chi connectivity index (χ3v) is 6.72. The first-order chi connectivity index (χ1) is 8.14. The first-order valence-corrected chi connectivity index (χ1v) is 9.46. The predicted octanol–water partition coefficient (Wildman–Crippen LogP) is -0.567. The Morgan fingerprint density at radius 3 is 2.44 bits per heavy atom. The Balaban J connectivity index is 2.57. The summed E-state index contributed by atoms with van der Waals surface area (Å²) in [5.74, 6) is 0.0281. The fraction of sp³-hybridized carbons (Fsp3) is 1.00. The minimum absolute atomic E-state index is 0.00176. The monoisotopic (exact) mass is 298 g/mol. The summed E-state index contributed by atoms with van der Waals surface area (Å²) in [5, 5.41) is 3.04. The van der Waals surface area contributed by atoms with Gasteiger partial charge in [0.2, 0.25) is 10.0 Å². The zero-order chi connectivity index (χ0) is 14.0. The second kappa shape index (κ2) is 5.85. The van der Waals surface area contributed by atoms with Crippen LogP contribution in [0.25, 0.3) is 0 Å². The van der Waals surface area contributed by atoms with Gasteiger partial charge in [-0.3, -0.25) is 0 Å². The highest BCUT2D eigenvalue weighted by atomic mass is 32.2. The summed E-state index contributed by atoms with van der Waals surface area (Å²) in [6.07, 6.45) is 0.398. The van der Waals surface area contributed by atoms with Crippen LogP contribution in [0.4, 0.5) is 0 Å². The maximum atomic E-state index is 12.0. The molecule has 6 nitrogen and oxygen atoms in total. The fourth-order valence-corrected chi connectivity index (χ4v) is 5.08. The lowest BCUT2D eigenvalue weighted by molar-refractivity contribution is 0.393. The maximum Gasteiger partial charge on any atom is 0.215 e. The van der Waals surface area contributed by atoms with Gasteiger partial charge in [-0.05, 0) is 6.42 Å². The van der Waals surface area contributed by atoms with Crippen LogP contribution in [0.2, 0.25) is 0 Å². The van der Waals surface area contributed by atoms with Gasteiger partial charge in [0.15, 0.2) is 9.84 Å². The Kier molecular flexibility index (Phi) is 5.16. The van der Waals surface area contributed by atoms with Crippen molar-refractivity contribution in [2.75, 3.05) is 30.9 Å². The van der Waals surface area contributed by atoms with Crippen molar-refractivity contribution in [2.24, 2.45) is 0 Å². The molecule has 1 saturated heterocycles. The van der Waals surface area contributed by atoms with E-state index >= 15 is 0 Å². The molecule has 0 radical (unpaired) electrons. The van der Waals surface area contributed by atoms with Gasteiger partial charge in [-0.1, -0.05) is 13.8 Å². The number of nitrogens with zero attached hydrogens (tertiary/aromatic N) is 1. The molecule has 8 heteroatoms. The Morgan fingerprint density at radius 1 is 1.39 bits per heavy atom. The SMILES string of the molecule is CC(C)NCCS(=O)(=O)N(C)C1CCS(=O)(=O)C1. The largest absolute Gasteiger partial charge is 0.313 e. The smallest absolute Gasteiger partial charge is 0.215 e. The molecule has 1 aliphatic rings. The topological polar surface area (TPSA) is 83.6 Å². The zero-order valence-corrected chi connectivity index (χ0v) is 12.7. The number of hydrogen-bond acceptors (Lipinski definition) is 5. The zero-order valence-electron chi connectivity index (χ0n) is 11.1. The normalized spacial score (nSPS) is 23.9. The first kappa shape index (κ1) is 15.9. The van der Waals surface area contributed by atoms with Gasteiger partial charge in [-0.15, -0.1) is 0 Å². The van der Waals surface area contributed by atoms with Gasteiger partial charge in [0, 0.05) is 25.7 Å². The second-order valence-corrected chi connectivity index (χ2v) is 9.37. The molecule has 1 aliphatic heterocycles. The maximum absolute atomic E-state index is 12.0. The van der Waals surface area contributed by atoms with Crippen LogP contribution in [0.1, 0.15) is 20.3 Å². The van der Waals surface area contributed by atoms with E-state index in [1.54, 1.807) is 0 Å². The third kappa shape index (κ3) is 4.49. The number of sulfone groups is 1. The molecule has 0 aromatic heterocycles. The molecular formula is C10H22N2O4S2. The standard InChI is InChI=1S/C10H22N2O4S2/c1-9(2)11-5-7-18(15,16)12(3)10-4-6-17(13,14)8-10/h9-11H,4-8H2,1-3H3. The van der Waals surface area contributed by atoms with E-state index in [1.165, 1.54) is 11.4 Å². The van der Waals surface area contributed by atoms with Gasteiger partial charge in [0.25, 0.3) is 0 Å². The molecule has 0 aromatic rings. The van der Waals surface area contributed by atoms with Gasteiger partial charge < -0.3 is 5.32 Å². The molecule has 1 fully saturated rings. The Labute approximate surface area is 110 Å². The summed E-state index contributed by atoms with van der Waals surface area (Å²) in [6, 6.07) is -0.170. The number of sulfonamides is 1. The van der Waals surface area contributed by atoms with Gasteiger partial charge in [-0.25, -0.2) is 21.1 Å². The molecule has 0 spiro atoms. The van der Waals surface area contributed by atoms with E-state index in [0.29, 0.717) is 13.0 Å². The average molecular weight is 298 g/mol. The van der Waals surface area contributed by atoms with Crippen LogP contribution in [0.5, 0.6) is 0 Å². The summed E-state index contributed by atoms with van der Waals surface area (Å²) in [7, 11) is -4.97. The van der Waals surface area contributed by atoms with Crippen molar-refractivity contribution in [1.82, 2.24) is 9.62 Å². The lowest BCUT2D eigenvalue weighted by atomic mass is 10.3. The molecule has 18 heavy (non-hydrogen) atoms. The van der Waals surface area contributed by atoms with E-state index in [0.717, 1.165) is 0 Å².